The first-order valence-electron chi connectivity index (χ1n) is 11.3. The van der Waals surface area contributed by atoms with Gasteiger partial charge in [-0.25, -0.2) is 18.6 Å². The summed E-state index contributed by atoms with van der Waals surface area (Å²) < 4.78 is 38.3. The molecule has 0 saturated heterocycles. The fourth-order valence-corrected chi connectivity index (χ4v) is 5.33. The molecule has 0 unspecified atom stereocenters. The largest absolute Gasteiger partial charge is 0.461 e. The number of allylic oxidation sites excluding steroid dienone is 2. The van der Waals surface area contributed by atoms with E-state index in [1.54, 1.807) is 24.0 Å². The summed E-state index contributed by atoms with van der Waals surface area (Å²) in [5.74, 6) is -1.72. The average molecular weight is 512 g/mol. The first kappa shape index (κ1) is 22.5. The van der Waals surface area contributed by atoms with Crippen LogP contribution in [0.4, 0.5) is 20.5 Å². The molecule has 2 N–H and O–H groups in total. The third kappa shape index (κ3) is 3.68. The van der Waals surface area contributed by atoms with Crippen molar-refractivity contribution < 1.29 is 27.5 Å². The Morgan fingerprint density at radius 3 is 2.92 bits per heavy atom. The number of aromatic nitrogens is 4. The number of aromatic amines is 2. The molecule has 4 aromatic rings. The van der Waals surface area contributed by atoms with Crippen LogP contribution in [0.25, 0.3) is 11.0 Å². The van der Waals surface area contributed by atoms with E-state index >= 15 is 0 Å². The number of furan rings is 1. The number of nitrogens with one attached hydrogen (secondary N) is 2. The molecule has 3 aromatic heterocycles. The Balaban J connectivity index is 1.37. The molecule has 0 bridgehead atoms. The zero-order valence-electron chi connectivity index (χ0n) is 19.0. The van der Waals surface area contributed by atoms with Gasteiger partial charge >= 0.3 is 5.97 Å². The van der Waals surface area contributed by atoms with Crippen LogP contribution in [-0.2, 0) is 16.0 Å². The minimum atomic E-state index is -0.978. The summed E-state index contributed by atoms with van der Waals surface area (Å²) in [4.78, 5) is 34.3. The van der Waals surface area contributed by atoms with Crippen molar-refractivity contribution in [2.45, 2.75) is 42.9 Å². The van der Waals surface area contributed by atoms with Crippen molar-refractivity contribution in [3.05, 3.63) is 58.4 Å². The number of carbonyl (C=O) groups excluding carboxylic acids is 2. The van der Waals surface area contributed by atoms with Gasteiger partial charge in [-0.1, -0.05) is 0 Å². The van der Waals surface area contributed by atoms with Gasteiger partial charge in [-0.05, 0) is 43.2 Å². The Bertz CT molecular complexity index is 1530. The van der Waals surface area contributed by atoms with Crippen LogP contribution in [0.5, 0.6) is 0 Å². The molecule has 9 nitrogen and oxygen atoms in total. The molecule has 12 heteroatoms. The average Bonchev–Trinajstić information content (AvgIpc) is 3.57. The molecule has 4 heterocycles. The number of carbonyl (C=O) groups is 2. The number of anilines is 2. The van der Waals surface area contributed by atoms with Gasteiger partial charge in [0.15, 0.2) is 33.5 Å². The summed E-state index contributed by atoms with van der Waals surface area (Å²) in [5.41, 5.74) is 2.97. The van der Waals surface area contributed by atoms with Crippen LogP contribution in [0.3, 0.4) is 0 Å². The summed E-state index contributed by atoms with van der Waals surface area (Å²) in [6, 6.07) is 5.47. The zero-order chi connectivity index (χ0) is 25.0. The molecule has 184 valence electrons. The van der Waals surface area contributed by atoms with Crippen molar-refractivity contribution in [3.8, 4) is 0 Å². The standard InChI is InChI=1S/C24H19F2N5O4S/c1-2-34-23(33)20-12-8-11-4-3-5-17(32)21(11)31(22(12)30-29-20)18-6-7-19(35-18)36-24-27-15-9-13(25)14(26)10-16(15)28-24/h6-7,9-10H,2-5,8H2,1H3,(H,27,28)(H,29,30). The minimum Gasteiger partial charge on any atom is -0.461 e. The van der Waals surface area contributed by atoms with E-state index in [4.69, 9.17) is 9.15 Å². The van der Waals surface area contributed by atoms with Gasteiger partial charge in [-0.15, -0.1) is 0 Å². The van der Waals surface area contributed by atoms with Gasteiger partial charge in [0.05, 0.1) is 23.3 Å². The molecule has 1 aliphatic carbocycles. The van der Waals surface area contributed by atoms with Gasteiger partial charge in [0.2, 0.25) is 5.88 Å². The summed E-state index contributed by atoms with van der Waals surface area (Å²) >= 11 is 1.13. The van der Waals surface area contributed by atoms with Gasteiger partial charge in [0.25, 0.3) is 0 Å². The molecule has 2 aliphatic rings. The smallest absolute Gasteiger partial charge is 0.356 e. The van der Waals surface area contributed by atoms with E-state index in [0.29, 0.717) is 51.6 Å². The fraction of sp³-hybridized carbons (Fsp3) is 0.250. The van der Waals surface area contributed by atoms with Gasteiger partial charge in [-0.2, -0.15) is 5.10 Å². The highest BCUT2D eigenvalue weighted by Crippen LogP contribution is 2.44. The van der Waals surface area contributed by atoms with Crippen LogP contribution in [0.1, 0.15) is 42.2 Å². The van der Waals surface area contributed by atoms with E-state index in [1.807, 2.05) is 0 Å². The second kappa shape index (κ2) is 8.63. The number of esters is 1. The molecular formula is C24H19F2N5O4S. The normalized spacial score (nSPS) is 15.4. The van der Waals surface area contributed by atoms with Gasteiger partial charge in [-0.3, -0.25) is 14.8 Å². The highest BCUT2D eigenvalue weighted by atomic mass is 32.2. The van der Waals surface area contributed by atoms with E-state index in [1.165, 1.54) is 0 Å². The van der Waals surface area contributed by atoms with Crippen LogP contribution in [0.2, 0.25) is 0 Å². The fourth-order valence-electron chi connectivity index (χ4n) is 4.58. The number of hydrogen-bond donors (Lipinski definition) is 2. The molecular weight excluding hydrogens is 492 g/mol. The van der Waals surface area contributed by atoms with Crippen LogP contribution < -0.4 is 4.90 Å². The summed E-state index contributed by atoms with van der Waals surface area (Å²) in [5, 5.41) is 7.92. The molecule has 6 rings (SSSR count). The maximum absolute atomic E-state index is 13.6. The lowest BCUT2D eigenvalue weighted by Gasteiger charge is -2.32. The second-order valence-corrected chi connectivity index (χ2v) is 9.38. The maximum atomic E-state index is 13.6. The van der Waals surface area contributed by atoms with Crippen molar-refractivity contribution in [2.24, 2.45) is 0 Å². The number of halogens is 2. The number of imidazole rings is 1. The Hall–Kier alpha value is -3.93. The molecule has 0 amide bonds. The monoisotopic (exact) mass is 511 g/mol. The molecule has 0 saturated carbocycles. The summed E-state index contributed by atoms with van der Waals surface area (Å²) in [6.07, 6.45) is 2.29. The van der Waals surface area contributed by atoms with Crippen molar-refractivity contribution >= 4 is 46.2 Å². The van der Waals surface area contributed by atoms with Crippen molar-refractivity contribution in [1.82, 2.24) is 20.2 Å². The number of fused-ring (bicyclic) bond motifs is 2. The number of hydrogen-bond acceptors (Lipinski definition) is 8. The molecule has 0 spiro atoms. The predicted octanol–water partition coefficient (Wildman–Crippen LogP) is 5.19. The van der Waals surface area contributed by atoms with Gasteiger partial charge in [0, 0.05) is 36.6 Å². The predicted molar refractivity (Wildman–Crippen MR) is 125 cm³/mol. The molecule has 36 heavy (non-hydrogen) atoms. The van der Waals surface area contributed by atoms with Crippen molar-refractivity contribution in [3.63, 3.8) is 0 Å². The number of benzene rings is 1. The van der Waals surface area contributed by atoms with Crippen LogP contribution >= 0.6 is 11.8 Å². The van der Waals surface area contributed by atoms with Crippen LogP contribution in [-0.4, -0.2) is 38.5 Å². The Kier molecular flexibility index (Phi) is 5.40. The number of Topliss-reactive ketones (excluding diaryl/α,β-unsaturated/α-hetero) is 1. The second-order valence-electron chi connectivity index (χ2n) is 8.38. The third-order valence-corrected chi connectivity index (χ3v) is 6.93. The number of rotatable bonds is 5. The van der Waals surface area contributed by atoms with E-state index in [0.717, 1.165) is 42.3 Å². The first-order valence-corrected chi connectivity index (χ1v) is 12.2. The summed E-state index contributed by atoms with van der Waals surface area (Å²) in [7, 11) is 0. The van der Waals surface area contributed by atoms with E-state index in [9.17, 15) is 18.4 Å². The molecule has 0 radical (unpaired) electrons. The lowest BCUT2D eigenvalue weighted by molar-refractivity contribution is -0.116. The number of ketones is 1. The number of nitrogens with zero attached hydrogens (tertiary/aromatic N) is 3. The highest BCUT2D eigenvalue weighted by Gasteiger charge is 2.38. The zero-order valence-corrected chi connectivity index (χ0v) is 19.8. The lowest BCUT2D eigenvalue weighted by Crippen LogP contribution is -2.31. The SMILES string of the molecule is CCOC(=O)c1[nH]nc2c1CC1=C(C(=O)CCC1)N2c1ccc(Sc2nc3cc(F)c(F)cc3[nH]2)o1. The highest BCUT2D eigenvalue weighted by molar-refractivity contribution is 7.99. The van der Waals surface area contributed by atoms with Crippen molar-refractivity contribution in [2.75, 3.05) is 11.5 Å². The molecule has 0 atom stereocenters. The Labute approximate surface area is 206 Å². The molecule has 0 fully saturated rings. The van der Waals surface area contributed by atoms with Crippen LogP contribution in [0, 0.1) is 11.6 Å². The van der Waals surface area contributed by atoms with E-state index < -0.39 is 17.6 Å². The Morgan fingerprint density at radius 2 is 2.08 bits per heavy atom. The topological polar surface area (TPSA) is 117 Å². The van der Waals surface area contributed by atoms with E-state index in [2.05, 4.69) is 20.2 Å². The van der Waals surface area contributed by atoms with Gasteiger partial charge < -0.3 is 14.1 Å². The molecule has 1 aliphatic heterocycles. The van der Waals surface area contributed by atoms with Gasteiger partial charge in [0.1, 0.15) is 5.69 Å². The number of H-pyrrole nitrogens is 2. The van der Waals surface area contributed by atoms with Crippen LogP contribution in [0.15, 0.2) is 50.2 Å². The first-order chi connectivity index (χ1) is 17.4. The lowest BCUT2D eigenvalue weighted by atomic mass is 9.87. The Morgan fingerprint density at radius 1 is 1.25 bits per heavy atom. The maximum Gasteiger partial charge on any atom is 0.356 e. The van der Waals surface area contributed by atoms with E-state index in [-0.39, 0.29) is 23.6 Å². The minimum absolute atomic E-state index is 0.0190. The molecule has 1 aromatic carbocycles. The quantitative estimate of drug-likeness (QED) is 0.352. The third-order valence-electron chi connectivity index (χ3n) is 6.12. The summed E-state index contributed by atoms with van der Waals surface area (Å²) in [6.45, 7) is 1.95. The number of ether oxygens (including phenoxy) is 1. The van der Waals surface area contributed by atoms with Crippen molar-refractivity contribution in [1.29, 1.82) is 0 Å².